The Balaban J connectivity index is 1.46. The minimum atomic E-state index is -0.907. The van der Waals surface area contributed by atoms with Crippen LogP contribution in [0.3, 0.4) is 0 Å². The van der Waals surface area contributed by atoms with E-state index in [2.05, 4.69) is 27.1 Å². The van der Waals surface area contributed by atoms with Crippen LogP contribution in [0.4, 0.5) is 0 Å². The number of nitrogens with one attached hydrogen (secondary N) is 1. The number of hydrogen-bond donors (Lipinski definition) is 2. The number of hydrogen-bond acceptors (Lipinski definition) is 4. The predicted octanol–water partition coefficient (Wildman–Crippen LogP) is 7.47. The van der Waals surface area contributed by atoms with Gasteiger partial charge in [-0.3, -0.25) is 14.9 Å². The summed E-state index contributed by atoms with van der Waals surface area (Å²) in [6.45, 7) is 3.74. The summed E-state index contributed by atoms with van der Waals surface area (Å²) in [4.78, 5) is 21.2. The first-order valence-corrected chi connectivity index (χ1v) is 13.3. The Labute approximate surface area is 229 Å². The lowest BCUT2D eigenvalue weighted by Gasteiger charge is -2.20. The molecule has 5 aromatic rings. The number of rotatable bonds is 7. The van der Waals surface area contributed by atoms with Gasteiger partial charge in [0.2, 0.25) is 0 Å². The fourth-order valence-corrected chi connectivity index (χ4v) is 5.92. The maximum atomic E-state index is 12.0. The Bertz CT molecular complexity index is 1670. The average Bonchev–Trinajstić information content (AvgIpc) is 3.43. The van der Waals surface area contributed by atoms with Crippen LogP contribution in [-0.4, -0.2) is 35.8 Å². The Hall–Kier alpha value is -3.68. The van der Waals surface area contributed by atoms with Crippen LogP contribution >= 0.6 is 23.2 Å². The molecule has 1 aliphatic carbocycles. The van der Waals surface area contributed by atoms with Crippen molar-refractivity contribution in [1.82, 2.24) is 24.7 Å². The second-order valence-corrected chi connectivity index (χ2v) is 10.7. The molecule has 0 aliphatic heterocycles. The third-order valence-electron chi connectivity index (χ3n) is 7.47. The minimum absolute atomic E-state index is 0.171. The fraction of sp³-hybridized carbons (Fsp3) is 0.241. The van der Waals surface area contributed by atoms with Gasteiger partial charge >= 0.3 is 5.97 Å². The van der Waals surface area contributed by atoms with E-state index in [1.165, 1.54) is 0 Å². The third kappa shape index (κ3) is 4.25. The van der Waals surface area contributed by atoms with E-state index in [0.29, 0.717) is 22.2 Å². The molecule has 2 N–H and O–H groups in total. The van der Waals surface area contributed by atoms with Gasteiger partial charge in [-0.15, -0.1) is 0 Å². The largest absolute Gasteiger partial charge is 0.481 e. The van der Waals surface area contributed by atoms with Crippen LogP contribution in [0.2, 0.25) is 10.0 Å². The zero-order valence-corrected chi connectivity index (χ0v) is 22.3. The standard InChI is InChI=1S/C29H25Cl2N5O2/c1-15(29(37)38)22-9-18(19-11-34-35-12-19)5-6-21(22)24-10-26-25(13-32-24)33-14-36(26)16(2)27-23(30)8-7-20(28(27)31)17-3-4-17/h5-17H,3-4H2,1-2H3,(H,34,35)(H,37,38)/t15?,16-/m1/s1. The van der Waals surface area contributed by atoms with Crippen molar-refractivity contribution in [3.63, 3.8) is 0 Å². The molecule has 1 saturated carbocycles. The highest BCUT2D eigenvalue weighted by molar-refractivity contribution is 6.36. The summed E-state index contributed by atoms with van der Waals surface area (Å²) in [5, 5.41) is 18.0. The molecular formula is C29H25Cl2N5O2. The highest BCUT2D eigenvalue weighted by atomic mass is 35.5. The number of nitrogens with zero attached hydrogens (tertiary/aromatic N) is 4. The number of carboxylic acid groups (broad SMARTS) is 1. The van der Waals surface area contributed by atoms with Crippen molar-refractivity contribution in [2.45, 2.75) is 44.6 Å². The summed E-state index contributed by atoms with van der Waals surface area (Å²) in [6, 6.07) is 11.5. The number of aromatic nitrogens is 5. The van der Waals surface area contributed by atoms with Crippen LogP contribution < -0.4 is 0 Å². The predicted molar refractivity (Wildman–Crippen MR) is 149 cm³/mol. The van der Waals surface area contributed by atoms with Gasteiger partial charge in [0.15, 0.2) is 0 Å². The summed E-state index contributed by atoms with van der Waals surface area (Å²) in [5.41, 5.74) is 7.46. The van der Waals surface area contributed by atoms with Gasteiger partial charge in [-0.05, 0) is 67.5 Å². The number of benzene rings is 2. The average molecular weight is 546 g/mol. The lowest BCUT2D eigenvalue weighted by atomic mass is 9.90. The number of carboxylic acids is 1. The van der Waals surface area contributed by atoms with E-state index < -0.39 is 11.9 Å². The van der Waals surface area contributed by atoms with Gasteiger partial charge in [-0.25, -0.2) is 4.98 Å². The SMILES string of the molecule is CC(C(=O)O)c1cc(-c2cn[nH]c2)ccc1-c1cc2c(cn1)ncn2[C@H](C)c1c(Cl)ccc(C2CC2)c1Cl. The summed E-state index contributed by atoms with van der Waals surface area (Å²) < 4.78 is 2.05. The second-order valence-electron chi connectivity index (χ2n) is 9.87. The van der Waals surface area contributed by atoms with Crippen LogP contribution in [0.15, 0.2) is 61.3 Å². The fourth-order valence-electron chi connectivity index (χ4n) is 5.08. The zero-order valence-electron chi connectivity index (χ0n) is 20.8. The van der Waals surface area contributed by atoms with Gasteiger partial charge < -0.3 is 9.67 Å². The van der Waals surface area contributed by atoms with Crippen LogP contribution in [0, 0.1) is 0 Å². The first-order chi connectivity index (χ1) is 18.3. The molecule has 192 valence electrons. The van der Waals surface area contributed by atoms with E-state index in [1.807, 2.05) is 41.0 Å². The van der Waals surface area contributed by atoms with E-state index in [-0.39, 0.29) is 6.04 Å². The molecule has 38 heavy (non-hydrogen) atoms. The number of fused-ring (bicyclic) bond motifs is 1. The normalized spacial score (nSPS) is 15.1. The molecular weight excluding hydrogens is 521 g/mol. The van der Waals surface area contributed by atoms with E-state index in [9.17, 15) is 9.90 Å². The molecule has 1 unspecified atom stereocenters. The number of carbonyl (C=O) groups is 1. The first kappa shape index (κ1) is 24.6. The van der Waals surface area contributed by atoms with Gasteiger partial charge in [0.05, 0.1) is 46.9 Å². The second kappa shape index (κ2) is 9.57. The number of H-pyrrole nitrogens is 1. The number of imidazole rings is 1. The van der Waals surface area contributed by atoms with Crippen LogP contribution in [-0.2, 0) is 4.79 Å². The number of pyridine rings is 1. The molecule has 1 fully saturated rings. The molecule has 7 nitrogen and oxygen atoms in total. The highest BCUT2D eigenvalue weighted by Crippen LogP contribution is 2.47. The van der Waals surface area contributed by atoms with Crippen LogP contribution in [0.5, 0.6) is 0 Å². The lowest BCUT2D eigenvalue weighted by molar-refractivity contribution is -0.138. The molecule has 2 atom stereocenters. The number of halogens is 2. The Morgan fingerprint density at radius 2 is 1.89 bits per heavy atom. The van der Waals surface area contributed by atoms with Crippen molar-refractivity contribution in [3.8, 4) is 22.4 Å². The van der Waals surface area contributed by atoms with Gasteiger partial charge in [-0.2, -0.15) is 5.10 Å². The molecule has 1 aliphatic rings. The molecule has 0 saturated heterocycles. The topological polar surface area (TPSA) is 96.7 Å². The molecule has 0 amide bonds. The monoisotopic (exact) mass is 545 g/mol. The molecule has 0 spiro atoms. The summed E-state index contributed by atoms with van der Waals surface area (Å²) in [6.07, 6.45) is 9.28. The molecule has 3 aromatic heterocycles. The summed E-state index contributed by atoms with van der Waals surface area (Å²) in [7, 11) is 0. The highest BCUT2D eigenvalue weighted by Gasteiger charge is 2.29. The number of aromatic amines is 1. The molecule has 0 bridgehead atoms. The summed E-state index contributed by atoms with van der Waals surface area (Å²) >= 11 is 13.6. The zero-order chi connectivity index (χ0) is 26.6. The maximum absolute atomic E-state index is 12.0. The Kier molecular flexibility index (Phi) is 6.20. The van der Waals surface area contributed by atoms with Crippen LogP contribution in [0.25, 0.3) is 33.4 Å². The summed E-state index contributed by atoms with van der Waals surface area (Å²) in [5.74, 6) is -1.14. The van der Waals surface area contributed by atoms with E-state index in [1.54, 1.807) is 31.8 Å². The molecule has 3 heterocycles. The van der Waals surface area contributed by atoms with Crippen molar-refractivity contribution < 1.29 is 9.90 Å². The van der Waals surface area contributed by atoms with Gasteiger partial charge in [0.25, 0.3) is 0 Å². The van der Waals surface area contributed by atoms with E-state index in [4.69, 9.17) is 23.2 Å². The minimum Gasteiger partial charge on any atom is -0.481 e. The van der Waals surface area contributed by atoms with Crippen molar-refractivity contribution in [2.24, 2.45) is 0 Å². The maximum Gasteiger partial charge on any atom is 0.310 e. The Morgan fingerprint density at radius 1 is 1.08 bits per heavy atom. The molecule has 0 radical (unpaired) electrons. The van der Waals surface area contributed by atoms with E-state index >= 15 is 0 Å². The third-order valence-corrected chi connectivity index (χ3v) is 8.22. The van der Waals surface area contributed by atoms with E-state index in [0.717, 1.165) is 56.7 Å². The smallest absolute Gasteiger partial charge is 0.310 e. The van der Waals surface area contributed by atoms with Gasteiger partial charge in [0.1, 0.15) is 5.52 Å². The van der Waals surface area contributed by atoms with Crippen molar-refractivity contribution in [1.29, 1.82) is 0 Å². The van der Waals surface area contributed by atoms with Gasteiger partial charge in [0, 0.05) is 27.9 Å². The molecule has 9 heteroatoms. The molecule has 6 rings (SSSR count). The quantitative estimate of drug-likeness (QED) is 0.221. The van der Waals surface area contributed by atoms with Crippen molar-refractivity contribution in [2.75, 3.05) is 0 Å². The number of aliphatic carboxylic acids is 1. The van der Waals surface area contributed by atoms with Crippen LogP contribution in [0.1, 0.15) is 61.3 Å². The van der Waals surface area contributed by atoms with Crippen molar-refractivity contribution >= 4 is 40.2 Å². The lowest BCUT2D eigenvalue weighted by Crippen LogP contribution is -2.10. The van der Waals surface area contributed by atoms with Gasteiger partial charge in [-0.1, -0.05) is 41.4 Å². The Morgan fingerprint density at radius 3 is 2.61 bits per heavy atom. The molecule has 2 aromatic carbocycles. The van der Waals surface area contributed by atoms with Crippen molar-refractivity contribution in [3.05, 3.63) is 88.1 Å². The first-order valence-electron chi connectivity index (χ1n) is 12.5.